The number of aromatic nitrogens is 4. The van der Waals surface area contributed by atoms with Crippen LogP contribution < -0.4 is 0 Å². The number of hydrogen-bond donors (Lipinski definition) is 0. The van der Waals surface area contributed by atoms with Crippen molar-refractivity contribution in [1.29, 1.82) is 0 Å². The zero-order valence-electron chi connectivity index (χ0n) is 12.6. The molecular formula is C16H15FN4O2. The van der Waals surface area contributed by atoms with Crippen molar-refractivity contribution >= 4 is 0 Å². The third kappa shape index (κ3) is 2.63. The van der Waals surface area contributed by atoms with Crippen LogP contribution >= 0.6 is 0 Å². The fourth-order valence-corrected chi connectivity index (χ4v) is 2.61. The van der Waals surface area contributed by atoms with Gasteiger partial charge in [0.05, 0.1) is 18.8 Å². The maximum atomic E-state index is 13.0. The van der Waals surface area contributed by atoms with Crippen LogP contribution in [0.4, 0.5) is 4.39 Å². The largest absolute Gasteiger partial charge is 0.365 e. The van der Waals surface area contributed by atoms with E-state index in [2.05, 4.69) is 15.2 Å². The molecule has 1 aliphatic rings. The Bertz CT molecular complexity index is 825. The number of hydrogen-bond acceptors (Lipinski definition) is 5. The van der Waals surface area contributed by atoms with Gasteiger partial charge in [0, 0.05) is 6.42 Å². The van der Waals surface area contributed by atoms with Gasteiger partial charge in [-0.05, 0) is 23.8 Å². The Morgan fingerprint density at radius 3 is 2.87 bits per heavy atom. The highest BCUT2D eigenvalue weighted by Gasteiger charge is 2.24. The molecule has 4 rings (SSSR count). The third-order valence-corrected chi connectivity index (χ3v) is 3.88. The molecular weight excluding hydrogens is 299 g/mol. The van der Waals surface area contributed by atoms with Crippen LogP contribution in [0.15, 0.2) is 34.9 Å². The molecule has 0 saturated heterocycles. The predicted molar refractivity (Wildman–Crippen MR) is 78.8 cm³/mol. The van der Waals surface area contributed by atoms with Gasteiger partial charge in [0.1, 0.15) is 11.9 Å². The Labute approximate surface area is 131 Å². The molecule has 0 saturated carbocycles. The molecule has 0 fully saturated rings. The molecule has 118 valence electrons. The second kappa shape index (κ2) is 5.58. The fraction of sp³-hybridized carbons (Fsp3) is 0.312. The molecule has 2 aromatic heterocycles. The van der Waals surface area contributed by atoms with Crippen LogP contribution in [0.5, 0.6) is 0 Å². The van der Waals surface area contributed by atoms with Gasteiger partial charge in [0.2, 0.25) is 0 Å². The van der Waals surface area contributed by atoms with E-state index in [4.69, 9.17) is 9.26 Å². The summed E-state index contributed by atoms with van der Waals surface area (Å²) in [5, 5.41) is 8.41. The van der Waals surface area contributed by atoms with Crippen molar-refractivity contribution in [2.45, 2.75) is 32.6 Å². The number of fused-ring (bicyclic) bond motifs is 1. The molecule has 6 nitrogen and oxygen atoms in total. The van der Waals surface area contributed by atoms with E-state index in [-0.39, 0.29) is 11.9 Å². The topological polar surface area (TPSA) is 66.0 Å². The minimum atomic E-state index is -0.255. The zero-order valence-corrected chi connectivity index (χ0v) is 12.6. The van der Waals surface area contributed by atoms with E-state index < -0.39 is 0 Å². The van der Waals surface area contributed by atoms with Crippen LogP contribution in [0, 0.1) is 5.82 Å². The molecule has 1 atom stereocenters. The van der Waals surface area contributed by atoms with Crippen molar-refractivity contribution in [1.82, 2.24) is 19.9 Å². The molecule has 0 radical (unpaired) electrons. The molecule has 0 amide bonds. The van der Waals surface area contributed by atoms with Crippen molar-refractivity contribution < 1.29 is 13.7 Å². The third-order valence-electron chi connectivity index (χ3n) is 3.88. The van der Waals surface area contributed by atoms with Crippen LogP contribution in [0.1, 0.15) is 30.1 Å². The lowest BCUT2D eigenvalue weighted by Gasteiger charge is -2.24. The van der Waals surface area contributed by atoms with E-state index in [0.29, 0.717) is 37.0 Å². The van der Waals surface area contributed by atoms with Gasteiger partial charge in [-0.2, -0.15) is 10.1 Å². The molecule has 1 aromatic carbocycles. The maximum Gasteiger partial charge on any atom is 0.278 e. The van der Waals surface area contributed by atoms with Gasteiger partial charge in [-0.1, -0.05) is 24.2 Å². The summed E-state index contributed by atoms with van der Waals surface area (Å²) in [6.45, 7) is 2.97. The molecule has 7 heteroatoms. The Morgan fingerprint density at radius 2 is 2.13 bits per heavy atom. The molecule has 3 aromatic rings. The molecule has 0 aliphatic carbocycles. The van der Waals surface area contributed by atoms with E-state index in [9.17, 15) is 4.39 Å². The molecule has 0 N–H and O–H groups in total. The van der Waals surface area contributed by atoms with E-state index in [1.54, 1.807) is 12.1 Å². The van der Waals surface area contributed by atoms with E-state index in [1.807, 2.05) is 17.7 Å². The summed E-state index contributed by atoms with van der Waals surface area (Å²) in [6, 6.07) is 8.25. The highest BCUT2D eigenvalue weighted by atomic mass is 19.1. The lowest BCUT2D eigenvalue weighted by Crippen LogP contribution is -2.21. The molecule has 1 aliphatic heterocycles. The van der Waals surface area contributed by atoms with Gasteiger partial charge in [-0.15, -0.1) is 0 Å². The van der Waals surface area contributed by atoms with Crippen molar-refractivity contribution in [2.24, 2.45) is 0 Å². The van der Waals surface area contributed by atoms with E-state index >= 15 is 0 Å². The molecule has 1 unspecified atom stereocenters. The van der Waals surface area contributed by atoms with Gasteiger partial charge in [0.25, 0.3) is 5.89 Å². The van der Waals surface area contributed by atoms with Crippen LogP contribution in [-0.4, -0.2) is 19.9 Å². The van der Waals surface area contributed by atoms with Crippen LogP contribution in [0.3, 0.4) is 0 Å². The van der Waals surface area contributed by atoms with Gasteiger partial charge in [-0.3, -0.25) is 4.68 Å². The number of halogens is 1. The molecule has 23 heavy (non-hydrogen) atoms. The van der Waals surface area contributed by atoms with E-state index in [1.165, 1.54) is 12.1 Å². The lowest BCUT2D eigenvalue weighted by molar-refractivity contribution is -0.00116. The van der Waals surface area contributed by atoms with Crippen LogP contribution in [-0.2, 0) is 24.3 Å². The lowest BCUT2D eigenvalue weighted by atomic mass is 10.1. The second-order valence-electron chi connectivity index (χ2n) is 5.42. The normalized spacial score (nSPS) is 17.2. The van der Waals surface area contributed by atoms with Crippen LogP contribution in [0.2, 0.25) is 0 Å². The fourth-order valence-electron chi connectivity index (χ4n) is 2.61. The van der Waals surface area contributed by atoms with Crippen molar-refractivity contribution in [3.63, 3.8) is 0 Å². The van der Waals surface area contributed by atoms with Gasteiger partial charge in [0.15, 0.2) is 11.5 Å². The zero-order chi connectivity index (χ0) is 15.8. The van der Waals surface area contributed by atoms with Crippen molar-refractivity contribution in [3.05, 3.63) is 53.2 Å². The summed E-state index contributed by atoms with van der Waals surface area (Å²) in [6.07, 6.45) is 0.567. The number of nitrogens with zero attached hydrogens (tertiary/aromatic N) is 4. The van der Waals surface area contributed by atoms with Gasteiger partial charge in [-0.25, -0.2) is 4.39 Å². The molecule has 0 spiro atoms. The summed E-state index contributed by atoms with van der Waals surface area (Å²) in [5.41, 5.74) is 2.53. The Kier molecular flexibility index (Phi) is 3.42. The number of ether oxygens (including phenoxy) is 1. The SMILES string of the molecule is CCc1noc(-c2cc3n(n2)CC(c2ccc(F)cc2)OC3)n1. The standard InChI is InChI=1S/C16H15FN4O2/c1-2-15-18-16(23-20-15)13-7-12-9-22-14(8-21(12)19-13)10-3-5-11(17)6-4-10/h3-7,14H,2,8-9H2,1H3. The first-order valence-corrected chi connectivity index (χ1v) is 7.49. The molecule has 3 heterocycles. The summed E-state index contributed by atoms with van der Waals surface area (Å²) < 4.78 is 26.0. The first kappa shape index (κ1) is 14.1. The predicted octanol–water partition coefficient (Wildman–Crippen LogP) is 2.91. The summed E-state index contributed by atoms with van der Waals surface area (Å²) in [7, 11) is 0. The second-order valence-corrected chi connectivity index (χ2v) is 5.42. The Balaban J connectivity index is 1.59. The van der Waals surface area contributed by atoms with Crippen molar-refractivity contribution in [2.75, 3.05) is 0 Å². The molecule has 0 bridgehead atoms. The van der Waals surface area contributed by atoms with Gasteiger partial charge < -0.3 is 9.26 Å². The minimum absolute atomic E-state index is 0.148. The smallest absolute Gasteiger partial charge is 0.278 e. The van der Waals surface area contributed by atoms with Crippen LogP contribution in [0.25, 0.3) is 11.6 Å². The minimum Gasteiger partial charge on any atom is -0.365 e. The highest BCUT2D eigenvalue weighted by Crippen LogP contribution is 2.28. The number of aryl methyl sites for hydroxylation is 1. The quantitative estimate of drug-likeness (QED) is 0.743. The maximum absolute atomic E-state index is 13.0. The summed E-state index contributed by atoms with van der Waals surface area (Å²) in [5.74, 6) is 0.822. The number of rotatable bonds is 3. The highest BCUT2D eigenvalue weighted by molar-refractivity contribution is 5.47. The summed E-state index contributed by atoms with van der Waals surface area (Å²) >= 11 is 0. The number of benzene rings is 1. The average Bonchev–Trinajstić information content (AvgIpc) is 3.21. The van der Waals surface area contributed by atoms with E-state index in [0.717, 1.165) is 11.3 Å². The first-order chi connectivity index (χ1) is 11.2. The summed E-state index contributed by atoms with van der Waals surface area (Å²) in [4.78, 5) is 4.29. The average molecular weight is 314 g/mol. The van der Waals surface area contributed by atoms with Gasteiger partial charge >= 0.3 is 0 Å². The Hall–Kier alpha value is -2.54. The monoisotopic (exact) mass is 314 g/mol. The Morgan fingerprint density at radius 1 is 1.30 bits per heavy atom. The van der Waals surface area contributed by atoms with Crippen molar-refractivity contribution in [3.8, 4) is 11.6 Å². The first-order valence-electron chi connectivity index (χ1n) is 7.49.